The summed E-state index contributed by atoms with van der Waals surface area (Å²) < 4.78 is 11.9. The van der Waals surface area contributed by atoms with E-state index in [9.17, 15) is 9.59 Å². The van der Waals surface area contributed by atoms with Gasteiger partial charge in [0.05, 0.1) is 19.0 Å². The predicted molar refractivity (Wildman–Crippen MR) is 141 cm³/mol. The predicted octanol–water partition coefficient (Wildman–Crippen LogP) is 4.78. The van der Waals surface area contributed by atoms with Gasteiger partial charge in [0.1, 0.15) is 22.9 Å². The van der Waals surface area contributed by atoms with Gasteiger partial charge in [-0.25, -0.2) is 9.97 Å². The van der Waals surface area contributed by atoms with Crippen molar-refractivity contribution in [3.63, 3.8) is 0 Å². The first kappa shape index (κ1) is 23.3. The largest absolute Gasteiger partial charge is 0.482 e. The summed E-state index contributed by atoms with van der Waals surface area (Å²) in [5.41, 5.74) is 4.55. The van der Waals surface area contributed by atoms with Crippen molar-refractivity contribution in [1.82, 2.24) is 9.97 Å². The Hall–Kier alpha value is -4.14. The summed E-state index contributed by atoms with van der Waals surface area (Å²) in [7, 11) is 1.55. The monoisotopic (exact) mass is 499 g/mol. The first-order valence-corrected chi connectivity index (χ1v) is 12.6. The highest BCUT2D eigenvalue weighted by Crippen LogP contribution is 2.47. The molecule has 0 spiro atoms. The molecule has 0 atom stereocenters. The first-order chi connectivity index (χ1) is 17.8. The molecule has 1 aromatic carbocycles. The molecule has 0 saturated carbocycles. The van der Waals surface area contributed by atoms with Gasteiger partial charge in [-0.2, -0.15) is 0 Å². The normalized spacial score (nSPS) is 17.9. The van der Waals surface area contributed by atoms with Gasteiger partial charge in [0.15, 0.2) is 0 Å². The Labute approximate surface area is 215 Å². The summed E-state index contributed by atoms with van der Waals surface area (Å²) in [5.74, 6) is 2.03. The Balaban J connectivity index is 1.32. The molecule has 3 aromatic rings. The smallest absolute Gasteiger partial charge is 0.237 e. The maximum absolute atomic E-state index is 12.3. The topological polar surface area (TPSA) is 96.9 Å². The molecule has 2 amide bonds. The fourth-order valence-electron chi connectivity index (χ4n) is 5.38. The quantitative estimate of drug-likeness (QED) is 0.540. The van der Waals surface area contributed by atoms with Crippen LogP contribution in [0.1, 0.15) is 45.1 Å². The molecule has 0 unspecified atom stereocenters. The first-order valence-electron chi connectivity index (χ1n) is 12.6. The fraction of sp³-hybridized carbons (Fsp3) is 0.357. The number of benzene rings is 1. The van der Waals surface area contributed by atoms with Crippen molar-refractivity contribution in [2.45, 2.75) is 45.1 Å². The van der Waals surface area contributed by atoms with Gasteiger partial charge in [-0.15, -0.1) is 0 Å². The number of methoxy groups -OCH3 is 1. The number of carbonyl (C=O) groups is 2. The summed E-state index contributed by atoms with van der Waals surface area (Å²) in [5, 5.41) is 3.33. The molecule has 37 heavy (non-hydrogen) atoms. The average Bonchev–Trinajstić information content (AvgIpc) is 3.51. The molecule has 2 saturated heterocycles. The second-order valence-electron chi connectivity index (χ2n) is 10.1. The van der Waals surface area contributed by atoms with E-state index < -0.39 is 5.60 Å². The Bertz CT molecular complexity index is 1420. The van der Waals surface area contributed by atoms with Crippen LogP contribution in [0.4, 0.5) is 22.9 Å². The number of nitrogens with zero attached hydrogens (tertiary/aromatic N) is 4. The van der Waals surface area contributed by atoms with E-state index in [0.717, 1.165) is 47.5 Å². The van der Waals surface area contributed by atoms with Gasteiger partial charge < -0.3 is 24.6 Å². The number of rotatable bonds is 5. The third kappa shape index (κ3) is 4.04. The summed E-state index contributed by atoms with van der Waals surface area (Å²) in [6.07, 6.45) is 6.33. The number of anilines is 4. The molecular weight excluding hydrogens is 470 g/mol. The SMILES string of the molecule is COc1ncc(Nc2cc3c(cn2)-c2ccc(N4CCCC4=O)cc2OC3(C)C)cc1N1CCCC1=O. The molecule has 0 aliphatic carbocycles. The summed E-state index contributed by atoms with van der Waals surface area (Å²) >= 11 is 0. The van der Waals surface area contributed by atoms with Gasteiger partial charge in [0, 0.05) is 60.6 Å². The molecule has 3 aliphatic rings. The molecule has 5 heterocycles. The average molecular weight is 500 g/mol. The Morgan fingerprint density at radius 1 is 0.946 bits per heavy atom. The molecular formula is C28H29N5O4. The number of hydrogen-bond donors (Lipinski definition) is 1. The van der Waals surface area contributed by atoms with E-state index in [2.05, 4.69) is 15.3 Å². The van der Waals surface area contributed by atoms with Crippen LogP contribution in [0.2, 0.25) is 0 Å². The molecule has 3 aliphatic heterocycles. The van der Waals surface area contributed by atoms with E-state index in [1.807, 2.05) is 55.3 Å². The van der Waals surface area contributed by atoms with Crippen LogP contribution < -0.4 is 24.6 Å². The van der Waals surface area contributed by atoms with E-state index >= 15 is 0 Å². The van der Waals surface area contributed by atoms with Crippen LogP contribution in [0.25, 0.3) is 11.1 Å². The number of fused-ring (bicyclic) bond motifs is 3. The lowest BCUT2D eigenvalue weighted by Gasteiger charge is -2.35. The van der Waals surface area contributed by atoms with E-state index in [4.69, 9.17) is 9.47 Å². The number of aromatic nitrogens is 2. The zero-order valence-electron chi connectivity index (χ0n) is 21.2. The van der Waals surface area contributed by atoms with Crippen LogP contribution in [0.5, 0.6) is 11.6 Å². The van der Waals surface area contributed by atoms with Gasteiger partial charge in [-0.3, -0.25) is 9.59 Å². The molecule has 0 radical (unpaired) electrons. The minimum Gasteiger partial charge on any atom is -0.482 e. The number of carbonyl (C=O) groups excluding carboxylic acids is 2. The van der Waals surface area contributed by atoms with Gasteiger partial charge in [0.2, 0.25) is 17.7 Å². The third-order valence-electron chi connectivity index (χ3n) is 7.22. The maximum atomic E-state index is 12.3. The number of pyridine rings is 2. The summed E-state index contributed by atoms with van der Waals surface area (Å²) in [4.78, 5) is 37.2. The second kappa shape index (κ2) is 8.76. The standard InChI is InChI=1S/C28H29N5O4/c1-28(2)21-14-24(31-17-12-22(27(36-3)30-15-17)33-11-5-7-26(33)35)29-16-20(21)19-9-8-18(13-23(19)37-28)32-10-4-6-25(32)34/h8-9,12-16H,4-7,10-11H2,1-3H3,(H,29,31). The lowest BCUT2D eigenvalue weighted by Crippen LogP contribution is -2.30. The maximum Gasteiger partial charge on any atom is 0.237 e. The molecule has 9 heteroatoms. The highest BCUT2D eigenvalue weighted by molar-refractivity contribution is 5.97. The summed E-state index contributed by atoms with van der Waals surface area (Å²) in [6.45, 7) is 5.44. The minimum absolute atomic E-state index is 0.0685. The fourth-order valence-corrected chi connectivity index (χ4v) is 5.38. The van der Waals surface area contributed by atoms with Crippen LogP contribution in [0.15, 0.2) is 42.7 Å². The number of hydrogen-bond acceptors (Lipinski definition) is 7. The molecule has 1 N–H and O–H groups in total. The third-order valence-corrected chi connectivity index (χ3v) is 7.22. The molecule has 2 fully saturated rings. The van der Waals surface area contributed by atoms with Gasteiger partial charge in [-0.1, -0.05) is 0 Å². The van der Waals surface area contributed by atoms with Gasteiger partial charge in [0.25, 0.3) is 0 Å². The lowest BCUT2D eigenvalue weighted by molar-refractivity contribution is -0.117. The van der Waals surface area contributed by atoms with Crippen LogP contribution in [0.3, 0.4) is 0 Å². The van der Waals surface area contributed by atoms with Crippen LogP contribution >= 0.6 is 0 Å². The highest BCUT2D eigenvalue weighted by Gasteiger charge is 2.34. The van der Waals surface area contributed by atoms with Crippen molar-refractivity contribution in [3.05, 3.63) is 48.3 Å². The van der Waals surface area contributed by atoms with Crippen molar-refractivity contribution < 1.29 is 19.1 Å². The van der Waals surface area contributed by atoms with Crippen molar-refractivity contribution in [2.75, 3.05) is 35.3 Å². The zero-order valence-corrected chi connectivity index (χ0v) is 21.2. The van der Waals surface area contributed by atoms with Gasteiger partial charge in [-0.05, 0) is 51.0 Å². The number of ether oxygens (including phenoxy) is 2. The lowest BCUT2D eigenvalue weighted by atomic mass is 9.87. The Kier molecular flexibility index (Phi) is 5.51. The van der Waals surface area contributed by atoms with Crippen molar-refractivity contribution >= 4 is 34.7 Å². The molecule has 0 bridgehead atoms. The Morgan fingerprint density at radius 2 is 1.70 bits per heavy atom. The van der Waals surface area contributed by atoms with Crippen molar-refractivity contribution in [1.29, 1.82) is 0 Å². The van der Waals surface area contributed by atoms with Crippen LogP contribution in [0, 0.1) is 0 Å². The van der Waals surface area contributed by atoms with Crippen molar-refractivity contribution in [2.24, 2.45) is 0 Å². The zero-order chi connectivity index (χ0) is 25.7. The summed E-state index contributed by atoms with van der Waals surface area (Å²) in [6, 6.07) is 9.80. The Morgan fingerprint density at radius 3 is 2.41 bits per heavy atom. The van der Waals surface area contributed by atoms with Crippen molar-refractivity contribution in [3.8, 4) is 22.8 Å². The van der Waals surface area contributed by atoms with Crippen LogP contribution in [-0.4, -0.2) is 42.0 Å². The van der Waals surface area contributed by atoms with Crippen LogP contribution in [-0.2, 0) is 15.2 Å². The van der Waals surface area contributed by atoms with Gasteiger partial charge >= 0.3 is 0 Å². The van der Waals surface area contributed by atoms with E-state index in [1.54, 1.807) is 18.2 Å². The number of nitrogens with one attached hydrogen (secondary N) is 1. The molecule has 2 aromatic heterocycles. The van der Waals surface area contributed by atoms with E-state index in [-0.39, 0.29) is 11.8 Å². The molecule has 190 valence electrons. The van der Waals surface area contributed by atoms with E-state index in [0.29, 0.717) is 42.5 Å². The molecule has 6 rings (SSSR count). The molecule has 9 nitrogen and oxygen atoms in total. The highest BCUT2D eigenvalue weighted by atomic mass is 16.5. The number of amides is 2. The van der Waals surface area contributed by atoms with E-state index in [1.165, 1.54) is 0 Å². The minimum atomic E-state index is -0.610. The second-order valence-corrected chi connectivity index (χ2v) is 10.1.